The molecule has 2 amide bonds. The van der Waals surface area contributed by atoms with Crippen LogP contribution in [0, 0.1) is 0 Å². The van der Waals surface area contributed by atoms with Gasteiger partial charge in [-0.3, -0.25) is 14.5 Å². The summed E-state index contributed by atoms with van der Waals surface area (Å²) in [5.74, 6) is -0.0836. The first-order chi connectivity index (χ1) is 6.70. The second-order valence-electron chi connectivity index (χ2n) is 3.55. The van der Waals surface area contributed by atoms with Gasteiger partial charge in [0.25, 0.3) is 0 Å². The number of imide groups is 1. The van der Waals surface area contributed by atoms with Gasteiger partial charge in [-0.15, -0.1) is 0 Å². The molecule has 80 valence electrons. The lowest BCUT2D eigenvalue weighted by atomic mass is 10.2. The molecule has 14 heavy (non-hydrogen) atoms. The quantitative estimate of drug-likeness (QED) is 0.655. The Morgan fingerprint density at radius 2 is 2.14 bits per heavy atom. The van der Waals surface area contributed by atoms with Crippen LogP contribution >= 0.6 is 0 Å². The molecule has 1 aliphatic heterocycles. The standard InChI is InChI=1S/C10H18N2O2/c1-3-5-6-12-9(13)7-8(10(12)14)11-4-2/h8,11H,3-7H2,1-2H3. The Hall–Kier alpha value is -0.900. The molecule has 4 heteroatoms. The second-order valence-corrected chi connectivity index (χ2v) is 3.55. The lowest BCUT2D eigenvalue weighted by Gasteiger charge is -2.14. The number of amides is 2. The van der Waals surface area contributed by atoms with Gasteiger partial charge in [-0.1, -0.05) is 20.3 Å². The SMILES string of the molecule is CCCCN1C(=O)CC(NCC)C1=O. The lowest BCUT2D eigenvalue weighted by molar-refractivity contribution is -0.138. The van der Waals surface area contributed by atoms with Crippen molar-refractivity contribution < 1.29 is 9.59 Å². The summed E-state index contributed by atoms with van der Waals surface area (Å²) in [6.07, 6.45) is 2.23. The summed E-state index contributed by atoms with van der Waals surface area (Å²) in [5.41, 5.74) is 0. The summed E-state index contributed by atoms with van der Waals surface area (Å²) < 4.78 is 0. The predicted octanol–water partition coefficient (Wildman–Crippen LogP) is 0.523. The highest BCUT2D eigenvalue weighted by atomic mass is 16.2. The Kier molecular flexibility index (Phi) is 4.07. The van der Waals surface area contributed by atoms with Crippen LogP contribution in [0.3, 0.4) is 0 Å². The fourth-order valence-corrected chi connectivity index (χ4v) is 1.64. The Labute approximate surface area is 84.7 Å². The fraction of sp³-hybridized carbons (Fsp3) is 0.800. The predicted molar refractivity (Wildman–Crippen MR) is 53.7 cm³/mol. The van der Waals surface area contributed by atoms with Crippen LogP contribution in [0.4, 0.5) is 0 Å². The van der Waals surface area contributed by atoms with Gasteiger partial charge in [-0.2, -0.15) is 0 Å². The molecule has 4 nitrogen and oxygen atoms in total. The molecule has 1 heterocycles. The van der Waals surface area contributed by atoms with E-state index in [2.05, 4.69) is 5.32 Å². The summed E-state index contributed by atoms with van der Waals surface area (Å²) >= 11 is 0. The monoisotopic (exact) mass is 198 g/mol. The summed E-state index contributed by atoms with van der Waals surface area (Å²) in [4.78, 5) is 24.5. The second kappa shape index (κ2) is 5.10. The number of carbonyl (C=O) groups is 2. The Morgan fingerprint density at radius 3 is 2.71 bits per heavy atom. The van der Waals surface area contributed by atoms with Gasteiger partial charge in [-0.25, -0.2) is 0 Å². The lowest BCUT2D eigenvalue weighted by Crippen LogP contribution is -2.39. The molecule has 0 saturated carbocycles. The highest BCUT2D eigenvalue weighted by Gasteiger charge is 2.37. The molecule has 0 bridgehead atoms. The largest absolute Gasteiger partial charge is 0.306 e. The number of hydrogen-bond donors (Lipinski definition) is 1. The zero-order valence-corrected chi connectivity index (χ0v) is 8.88. The minimum absolute atomic E-state index is 0.0330. The van der Waals surface area contributed by atoms with Gasteiger partial charge in [0.05, 0.1) is 12.5 Å². The van der Waals surface area contributed by atoms with Crippen LogP contribution < -0.4 is 5.32 Å². The number of unbranched alkanes of at least 4 members (excludes halogenated alkanes) is 1. The van der Waals surface area contributed by atoms with Crippen molar-refractivity contribution in [1.82, 2.24) is 10.2 Å². The third-order valence-electron chi connectivity index (χ3n) is 2.43. The van der Waals surface area contributed by atoms with Crippen molar-refractivity contribution in [3.8, 4) is 0 Å². The third kappa shape index (κ3) is 2.32. The summed E-state index contributed by atoms with van der Waals surface area (Å²) in [7, 11) is 0. The van der Waals surface area contributed by atoms with Crippen molar-refractivity contribution in [3.05, 3.63) is 0 Å². The average Bonchev–Trinajstić information content (AvgIpc) is 2.41. The van der Waals surface area contributed by atoms with Gasteiger partial charge in [0, 0.05) is 6.54 Å². The fourth-order valence-electron chi connectivity index (χ4n) is 1.64. The maximum atomic E-state index is 11.7. The summed E-state index contributed by atoms with van der Waals surface area (Å²) in [6, 6.07) is -0.274. The first kappa shape index (κ1) is 11.2. The molecule has 1 N–H and O–H groups in total. The molecule has 0 spiro atoms. The molecule has 0 radical (unpaired) electrons. The van der Waals surface area contributed by atoms with E-state index < -0.39 is 0 Å². The van der Waals surface area contributed by atoms with Crippen molar-refractivity contribution in [2.75, 3.05) is 13.1 Å². The molecular formula is C10H18N2O2. The van der Waals surface area contributed by atoms with Gasteiger partial charge < -0.3 is 5.32 Å². The molecule has 1 aliphatic rings. The van der Waals surface area contributed by atoms with Crippen molar-refractivity contribution in [1.29, 1.82) is 0 Å². The summed E-state index contributed by atoms with van der Waals surface area (Å²) in [6.45, 7) is 5.29. The average molecular weight is 198 g/mol. The van der Waals surface area contributed by atoms with Crippen LogP contribution in [0.25, 0.3) is 0 Å². The number of nitrogens with one attached hydrogen (secondary N) is 1. The Morgan fingerprint density at radius 1 is 1.43 bits per heavy atom. The molecule has 1 unspecified atom stereocenters. The number of carbonyl (C=O) groups excluding carboxylic acids is 2. The van der Waals surface area contributed by atoms with Crippen molar-refractivity contribution in [2.45, 2.75) is 39.2 Å². The van der Waals surface area contributed by atoms with E-state index >= 15 is 0 Å². The molecule has 1 rings (SSSR count). The summed E-state index contributed by atoms with van der Waals surface area (Å²) in [5, 5.41) is 3.02. The molecule has 1 fully saturated rings. The molecule has 1 saturated heterocycles. The topological polar surface area (TPSA) is 49.4 Å². The maximum absolute atomic E-state index is 11.7. The maximum Gasteiger partial charge on any atom is 0.246 e. The molecule has 0 aromatic rings. The van der Waals surface area contributed by atoms with Crippen LogP contribution in [0.1, 0.15) is 33.1 Å². The molecule has 0 aliphatic carbocycles. The minimum Gasteiger partial charge on any atom is -0.306 e. The van der Waals surface area contributed by atoms with E-state index in [4.69, 9.17) is 0 Å². The van der Waals surface area contributed by atoms with Crippen LogP contribution in [0.15, 0.2) is 0 Å². The number of nitrogens with zero attached hydrogens (tertiary/aromatic N) is 1. The molecule has 0 aromatic carbocycles. The molecule has 0 aromatic heterocycles. The van der Waals surface area contributed by atoms with Crippen molar-refractivity contribution in [2.24, 2.45) is 0 Å². The van der Waals surface area contributed by atoms with Crippen molar-refractivity contribution >= 4 is 11.8 Å². The number of likely N-dealkylation sites (tertiary alicyclic amines) is 1. The Balaban J connectivity index is 2.52. The van der Waals surface area contributed by atoms with E-state index in [0.717, 1.165) is 19.4 Å². The van der Waals surface area contributed by atoms with E-state index in [1.807, 2.05) is 13.8 Å². The number of hydrogen-bond acceptors (Lipinski definition) is 3. The zero-order chi connectivity index (χ0) is 10.6. The number of likely N-dealkylation sites (N-methyl/N-ethyl adjacent to an activating group) is 1. The van der Waals surface area contributed by atoms with E-state index in [9.17, 15) is 9.59 Å². The Bertz CT molecular complexity index is 228. The van der Waals surface area contributed by atoms with Gasteiger partial charge >= 0.3 is 0 Å². The van der Waals surface area contributed by atoms with Gasteiger partial charge in [0.1, 0.15) is 0 Å². The van der Waals surface area contributed by atoms with Crippen LogP contribution in [-0.4, -0.2) is 35.8 Å². The van der Waals surface area contributed by atoms with E-state index in [0.29, 0.717) is 13.0 Å². The zero-order valence-electron chi connectivity index (χ0n) is 8.88. The molecule has 1 atom stereocenters. The van der Waals surface area contributed by atoms with Crippen LogP contribution in [0.2, 0.25) is 0 Å². The van der Waals surface area contributed by atoms with E-state index in [1.54, 1.807) is 0 Å². The first-order valence-electron chi connectivity index (χ1n) is 5.28. The highest BCUT2D eigenvalue weighted by molar-refractivity contribution is 6.05. The van der Waals surface area contributed by atoms with Gasteiger partial charge in [0.2, 0.25) is 11.8 Å². The first-order valence-corrected chi connectivity index (χ1v) is 5.28. The highest BCUT2D eigenvalue weighted by Crippen LogP contribution is 2.13. The van der Waals surface area contributed by atoms with Crippen LogP contribution in [-0.2, 0) is 9.59 Å². The molecular weight excluding hydrogens is 180 g/mol. The smallest absolute Gasteiger partial charge is 0.246 e. The van der Waals surface area contributed by atoms with E-state index in [1.165, 1.54) is 4.90 Å². The van der Waals surface area contributed by atoms with Gasteiger partial charge in [0.15, 0.2) is 0 Å². The number of rotatable bonds is 5. The minimum atomic E-state index is -0.274. The normalized spacial score (nSPS) is 22.1. The van der Waals surface area contributed by atoms with Gasteiger partial charge in [-0.05, 0) is 13.0 Å². The van der Waals surface area contributed by atoms with Crippen molar-refractivity contribution in [3.63, 3.8) is 0 Å². The third-order valence-corrected chi connectivity index (χ3v) is 2.43. The van der Waals surface area contributed by atoms with Crippen LogP contribution in [0.5, 0.6) is 0 Å². The van der Waals surface area contributed by atoms with E-state index in [-0.39, 0.29) is 17.9 Å².